The van der Waals surface area contributed by atoms with Gasteiger partial charge in [0.1, 0.15) is 18.8 Å². The van der Waals surface area contributed by atoms with Gasteiger partial charge in [-0.05, 0) is 13.8 Å². The Hall–Kier alpha value is -2.48. The Bertz CT molecular complexity index is 871. The van der Waals surface area contributed by atoms with Crippen LogP contribution in [0.1, 0.15) is 25.7 Å². The summed E-state index contributed by atoms with van der Waals surface area (Å²) in [6.45, 7) is 3.34. The van der Waals surface area contributed by atoms with E-state index in [1.165, 1.54) is 0 Å². The normalized spacial score (nSPS) is 22.4. The number of carbonyl (C=O) groups is 4. The minimum absolute atomic E-state index is 0.0576. The third kappa shape index (κ3) is 12.0. The maximum absolute atomic E-state index is 11.3. The molecule has 0 aromatic heterocycles. The summed E-state index contributed by atoms with van der Waals surface area (Å²) in [4.78, 5) is 42.8. The lowest BCUT2D eigenvalue weighted by atomic mass is 10.2. The number of halogens is 2. The minimum atomic E-state index is -1.05. The van der Waals surface area contributed by atoms with E-state index in [1.807, 2.05) is 30.3 Å². The molecule has 2 saturated heterocycles. The van der Waals surface area contributed by atoms with Gasteiger partial charge in [0, 0.05) is 28.8 Å². The first-order valence-corrected chi connectivity index (χ1v) is 11.4. The Morgan fingerprint density at radius 3 is 2.00 bits per heavy atom. The first-order chi connectivity index (χ1) is 17.0. The average Bonchev–Trinajstić information content (AvgIpc) is 3.20. The van der Waals surface area contributed by atoms with Gasteiger partial charge < -0.3 is 37.9 Å². The third-order valence-electron chi connectivity index (χ3n) is 4.34. The zero-order valence-electron chi connectivity index (χ0n) is 19.5. The van der Waals surface area contributed by atoms with Gasteiger partial charge in [-0.1, -0.05) is 30.3 Å². The lowest BCUT2D eigenvalue weighted by molar-refractivity contribution is -0.230. The van der Waals surface area contributed by atoms with Crippen molar-refractivity contribution >= 4 is 46.0 Å². The summed E-state index contributed by atoms with van der Waals surface area (Å²) in [5, 5.41) is 0. The molecule has 3 rings (SSSR count). The van der Waals surface area contributed by atoms with Crippen molar-refractivity contribution in [2.24, 2.45) is 0 Å². The second kappa shape index (κ2) is 14.9. The zero-order chi connectivity index (χ0) is 26.6. The van der Waals surface area contributed by atoms with Crippen LogP contribution in [0.25, 0.3) is 0 Å². The van der Waals surface area contributed by atoms with Crippen LogP contribution in [0, 0.1) is 0 Å². The van der Waals surface area contributed by atoms with Crippen LogP contribution in [0.4, 0.5) is 9.59 Å². The maximum atomic E-state index is 11.3. The molecular formula is C22H26Cl2O12. The number of hydrogen-bond acceptors (Lipinski definition) is 12. The molecule has 12 nitrogen and oxygen atoms in total. The van der Waals surface area contributed by atoms with Gasteiger partial charge in [0.05, 0.1) is 19.8 Å². The van der Waals surface area contributed by atoms with Crippen molar-refractivity contribution < 1.29 is 57.1 Å². The van der Waals surface area contributed by atoms with Crippen molar-refractivity contribution in [2.75, 3.05) is 39.6 Å². The predicted molar refractivity (Wildman–Crippen MR) is 121 cm³/mol. The first-order valence-electron chi connectivity index (χ1n) is 10.6. The number of ether oxygens (including phenoxy) is 8. The molecule has 0 spiro atoms. The van der Waals surface area contributed by atoms with E-state index in [9.17, 15) is 19.2 Å². The fourth-order valence-electron chi connectivity index (χ4n) is 2.88. The summed E-state index contributed by atoms with van der Waals surface area (Å²) in [6, 6.07) is 9.44. The molecule has 0 saturated carbocycles. The standard InChI is InChI=1S/C13H13ClO6.C9H13ClO6/c14-13(16)19-8-11(15)20-10-6-17-12(18-7-10)9-4-2-1-3-5-9;1-9(2)15-4-6(16-9)3-13-7(11)5-14-8(10)12/h1-5,10,12H,6-8H2;6H,3-5H2,1-2H3. The Morgan fingerprint density at radius 1 is 0.889 bits per heavy atom. The second-order valence-corrected chi connectivity index (χ2v) is 8.32. The number of hydrogen-bond donors (Lipinski definition) is 0. The largest absolute Gasteiger partial charge is 0.460 e. The van der Waals surface area contributed by atoms with E-state index < -0.39 is 54.2 Å². The molecule has 1 aromatic carbocycles. The quantitative estimate of drug-likeness (QED) is 0.265. The Labute approximate surface area is 216 Å². The molecule has 1 atom stereocenters. The lowest BCUT2D eigenvalue weighted by Crippen LogP contribution is -2.36. The van der Waals surface area contributed by atoms with Crippen molar-refractivity contribution in [3.05, 3.63) is 35.9 Å². The van der Waals surface area contributed by atoms with Crippen LogP contribution in [0.2, 0.25) is 0 Å². The highest BCUT2D eigenvalue weighted by molar-refractivity contribution is 6.61. The van der Waals surface area contributed by atoms with Gasteiger partial charge in [-0.25, -0.2) is 19.2 Å². The molecule has 1 unspecified atom stereocenters. The molecule has 0 N–H and O–H groups in total. The minimum Gasteiger partial charge on any atom is -0.460 e. The Balaban J connectivity index is 0.000000261. The molecule has 0 aliphatic carbocycles. The van der Waals surface area contributed by atoms with Crippen LogP contribution in [-0.4, -0.2) is 80.4 Å². The van der Waals surface area contributed by atoms with Gasteiger partial charge in [-0.3, -0.25) is 0 Å². The molecule has 2 fully saturated rings. The van der Waals surface area contributed by atoms with E-state index in [-0.39, 0.29) is 25.9 Å². The van der Waals surface area contributed by atoms with Gasteiger partial charge in [0.15, 0.2) is 25.3 Å². The van der Waals surface area contributed by atoms with Gasteiger partial charge in [-0.2, -0.15) is 0 Å². The van der Waals surface area contributed by atoms with Gasteiger partial charge in [0.2, 0.25) is 0 Å². The predicted octanol–water partition coefficient (Wildman–Crippen LogP) is 3.08. The van der Waals surface area contributed by atoms with Gasteiger partial charge in [0.25, 0.3) is 0 Å². The molecule has 2 aliphatic heterocycles. The fourth-order valence-corrected chi connectivity index (χ4v) is 2.99. The second-order valence-electron chi connectivity index (χ2n) is 7.71. The highest BCUT2D eigenvalue weighted by Crippen LogP contribution is 2.24. The van der Waals surface area contributed by atoms with Gasteiger partial charge >= 0.3 is 22.8 Å². The SMILES string of the molecule is CC1(C)OCC(COC(=O)COC(=O)Cl)O1.O=C(Cl)OCC(=O)OC1COC(c2ccccc2)OC1. The summed E-state index contributed by atoms with van der Waals surface area (Å²) >= 11 is 9.81. The Kier molecular flexibility index (Phi) is 12.3. The fraction of sp³-hybridized carbons (Fsp3) is 0.545. The van der Waals surface area contributed by atoms with E-state index in [1.54, 1.807) is 13.8 Å². The molecule has 2 aliphatic rings. The van der Waals surface area contributed by atoms with Crippen molar-refractivity contribution in [1.82, 2.24) is 0 Å². The van der Waals surface area contributed by atoms with Crippen molar-refractivity contribution in [2.45, 2.75) is 38.1 Å². The van der Waals surface area contributed by atoms with Crippen LogP contribution in [0.3, 0.4) is 0 Å². The molecule has 200 valence electrons. The van der Waals surface area contributed by atoms with Crippen molar-refractivity contribution in [3.8, 4) is 0 Å². The van der Waals surface area contributed by atoms with Crippen LogP contribution >= 0.6 is 23.2 Å². The van der Waals surface area contributed by atoms with E-state index >= 15 is 0 Å². The summed E-state index contributed by atoms with van der Waals surface area (Å²) in [5.41, 5.74) is -1.20. The van der Waals surface area contributed by atoms with E-state index in [0.29, 0.717) is 6.61 Å². The smallest absolute Gasteiger partial charge is 0.404 e. The molecule has 2 heterocycles. The third-order valence-corrected chi connectivity index (χ3v) is 4.56. The summed E-state index contributed by atoms with van der Waals surface area (Å²) in [6.07, 6.45) is -1.30. The maximum Gasteiger partial charge on any atom is 0.404 e. The molecule has 36 heavy (non-hydrogen) atoms. The average molecular weight is 553 g/mol. The number of rotatable bonds is 8. The topological polar surface area (TPSA) is 142 Å². The van der Waals surface area contributed by atoms with Crippen molar-refractivity contribution in [1.29, 1.82) is 0 Å². The first kappa shape index (κ1) is 29.7. The van der Waals surface area contributed by atoms with Crippen LogP contribution < -0.4 is 0 Å². The molecule has 1 aromatic rings. The van der Waals surface area contributed by atoms with Crippen LogP contribution in [0.15, 0.2) is 30.3 Å². The summed E-state index contributed by atoms with van der Waals surface area (Å²) in [5.74, 6) is -2.03. The lowest BCUT2D eigenvalue weighted by Gasteiger charge is -2.29. The highest BCUT2D eigenvalue weighted by atomic mass is 35.5. The van der Waals surface area contributed by atoms with E-state index in [0.717, 1.165) is 5.56 Å². The number of carbonyl (C=O) groups excluding carboxylic acids is 4. The molecule has 0 bridgehead atoms. The Morgan fingerprint density at radius 2 is 1.47 bits per heavy atom. The monoisotopic (exact) mass is 552 g/mol. The van der Waals surface area contributed by atoms with Crippen molar-refractivity contribution in [3.63, 3.8) is 0 Å². The number of benzene rings is 1. The number of esters is 2. The molecular weight excluding hydrogens is 527 g/mol. The molecule has 14 heteroatoms. The zero-order valence-corrected chi connectivity index (χ0v) is 21.0. The van der Waals surface area contributed by atoms with Gasteiger partial charge in [-0.15, -0.1) is 0 Å². The summed E-state index contributed by atoms with van der Waals surface area (Å²) in [7, 11) is 0. The van der Waals surface area contributed by atoms with E-state index in [4.69, 9.17) is 51.6 Å². The molecule has 0 radical (unpaired) electrons. The molecule has 0 amide bonds. The van der Waals surface area contributed by atoms with E-state index in [2.05, 4.69) is 9.47 Å². The van der Waals surface area contributed by atoms with Crippen LogP contribution in [-0.2, 0) is 47.5 Å². The highest BCUT2D eigenvalue weighted by Gasteiger charge is 2.33. The summed E-state index contributed by atoms with van der Waals surface area (Å²) < 4.78 is 39.9. The van der Waals surface area contributed by atoms with Crippen LogP contribution in [0.5, 0.6) is 0 Å².